The summed E-state index contributed by atoms with van der Waals surface area (Å²) in [5, 5.41) is 3.43. The zero-order chi connectivity index (χ0) is 18.1. The first-order chi connectivity index (χ1) is 11.0. The number of benzene rings is 1. The summed E-state index contributed by atoms with van der Waals surface area (Å²) in [6, 6.07) is 6.97. The quantitative estimate of drug-likeness (QED) is 0.846. The Labute approximate surface area is 142 Å². The third kappa shape index (κ3) is 4.00. The molecule has 1 amide bonds. The molecule has 0 aliphatic carbocycles. The lowest BCUT2D eigenvalue weighted by molar-refractivity contribution is 0.215. The van der Waals surface area contributed by atoms with E-state index in [1.807, 2.05) is 12.1 Å². The minimum absolute atomic E-state index is 0.00424. The van der Waals surface area contributed by atoms with E-state index in [0.717, 1.165) is 16.6 Å². The van der Waals surface area contributed by atoms with Crippen molar-refractivity contribution in [1.29, 1.82) is 0 Å². The van der Waals surface area contributed by atoms with Crippen LogP contribution in [0.3, 0.4) is 0 Å². The maximum atomic E-state index is 12.4. The molecule has 8 heteroatoms. The van der Waals surface area contributed by atoms with Crippen molar-refractivity contribution in [3.63, 3.8) is 0 Å². The summed E-state index contributed by atoms with van der Waals surface area (Å²) in [6.45, 7) is 6.28. The Balaban J connectivity index is 2.21. The lowest BCUT2D eigenvalue weighted by atomic mass is 9.87. The zero-order valence-corrected chi connectivity index (χ0v) is 15.3. The van der Waals surface area contributed by atoms with Gasteiger partial charge in [0.15, 0.2) is 0 Å². The van der Waals surface area contributed by atoms with E-state index in [0.29, 0.717) is 5.56 Å². The van der Waals surface area contributed by atoms with E-state index in [-0.39, 0.29) is 16.3 Å². The Morgan fingerprint density at radius 2 is 1.75 bits per heavy atom. The number of aromatic nitrogens is 3. The van der Waals surface area contributed by atoms with Gasteiger partial charge in [0, 0.05) is 14.1 Å². The predicted octanol–water partition coefficient (Wildman–Crippen LogP) is 2.08. The third-order valence-electron chi connectivity index (χ3n) is 3.50. The van der Waals surface area contributed by atoms with Gasteiger partial charge in [-0.1, -0.05) is 45.0 Å². The predicted molar refractivity (Wildman–Crippen MR) is 90.5 cm³/mol. The summed E-state index contributed by atoms with van der Waals surface area (Å²) in [4.78, 5) is 16.8. The van der Waals surface area contributed by atoms with Gasteiger partial charge in [-0.05, 0) is 16.5 Å². The second kappa shape index (κ2) is 6.35. The lowest BCUT2D eigenvalue weighted by Gasteiger charge is -2.19. The smallest absolute Gasteiger partial charge is 0.329 e. The number of carbonyl (C=O) groups is 1. The first kappa shape index (κ1) is 18.1. The van der Waals surface area contributed by atoms with Gasteiger partial charge < -0.3 is 4.90 Å². The average Bonchev–Trinajstić information content (AvgIpc) is 2.96. The molecule has 0 bridgehead atoms. The molecule has 0 unspecified atom stereocenters. The van der Waals surface area contributed by atoms with Crippen molar-refractivity contribution < 1.29 is 13.2 Å². The molecule has 1 heterocycles. The Morgan fingerprint density at radius 3 is 2.25 bits per heavy atom. The van der Waals surface area contributed by atoms with E-state index in [4.69, 9.17) is 0 Å². The second-order valence-electron chi connectivity index (χ2n) is 6.85. The molecule has 0 atom stereocenters. The lowest BCUT2D eigenvalue weighted by Crippen LogP contribution is -2.27. The monoisotopic (exact) mass is 350 g/mol. The van der Waals surface area contributed by atoms with Crippen LogP contribution in [0.1, 0.15) is 31.9 Å². The number of hydrogen-bond acceptors (Lipinski definition) is 5. The van der Waals surface area contributed by atoms with Crippen LogP contribution < -0.4 is 0 Å². The molecule has 0 saturated heterocycles. The van der Waals surface area contributed by atoms with Crippen molar-refractivity contribution in [2.24, 2.45) is 0 Å². The van der Waals surface area contributed by atoms with Gasteiger partial charge in [0.2, 0.25) is 9.84 Å². The molecule has 24 heavy (non-hydrogen) atoms. The number of amides is 1. The molecule has 130 valence electrons. The highest BCUT2D eigenvalue weighted by Gasteiger charge is 2.23. The van der Waals surface area contributed by atoms with Crippen LogP contribution in [-0.4, -0.2) is 48.2 Å². The summed E-state index contributed by atoms with van der Waals surface area (Å²) < 4.78 is 25.8. The van der Waals surface area contributed by atoms with Crippen molar-refractivity contribution in [2.75, 3.05) is 14.1 Å². The van der Waals surface area contributed by atoms with Crippen molar-refractivity contribution in [1.82, 2.24) is 19.7 Å². The Bertz CT molecular complexity index is 831. The van der Waals surface area contributed by atoms with Crippen LogP contribution in [0.25, 0.3) is 0 Å². The number of sulfone groups is 1. The SMILES string of the molecule is CN(C)C(=O)n1cnc(S(=O)(=O)Cc2ccc(C(C)(C)C)cc2)n1. The van der Waals surface area contributed by atoms with Crippen molar-refractivity contribution in [3.8, 4) is 0 Å². The molecule has 0 N–H and O–H groups in total. The highest BCUT2D eigenvalue weighted by Crippen LogP contribution is 2.23. The Kier molecular flexibility index (Phi) is 4.80. The summed E-state index contributed by atoms with van der Waals surface area (Å²) in [7, 11) is -0.613. The average molecular weight is 350 g/mol. The third-order valence-corrected chi connectivity index (χ3v) is 4.96. The van der Waals surface area contributed by atoms with Crippen molar-refractivity contribution >= 4 is 15.9 Å². The summed E-state index contributed by atoms with van der Waals surface area (Å²) in [6.07, 6.45) is 1.11. The molecule has 0 spiro atoms. The zero-order valence-electron chi connectivity index (χ0n) is 14.5. The minimum Gasteiger partial charge on any atom is -0.329 e. The molecule has 0 aliphatic rings. The van der Waals surface area contributed by atoms with Gasteiger partial charge in [0.1, 0.15) is 6.33 Å². The van der Waals surface area contributed by atoms with Crippen molar-refractivity contribution in [3.05, 3.63) is 41.7 Å². The van der Waals surface area contributed by atoms with Crippen LogP contribution in [0.15, 0.2) is 35.7 Å². The number of carbonyl (C=O) groups excluding carboxylic acids is 1. The van der Waals surface area contributed by atoms with Crippen LogP contribution in [0, 0.1) is 0 Å². The summed E-state index contributed by atoms with van der Waals surface area (Å²) in [5.41, 5.74) is 1.78. The van der Waals surface area contributed by atoms with E-state index < -0.39 is 15.9 Å². The van der Waals surface area contributed by atoms with Crippen LogP contribution in [0.4, 0.5) is 4.79 Å². The maximum absolute atomic E-state index is 12.4. The first-order valence-electron chi connectivity index (χ1n) is 7.46. The Hall–Kier alpha value is -2.22. The molecular formula is C16H22N4O3S. The van der Waals surface area contributed by atoms with Gasteiger partial charge in [0.25, 0.3) is 5.16 Å². The van der Waals surface area contributed by atoms with E-state index >= 15 is 0 Å². The van der Waals surface area contributed by atoms with E-state index in [2.05, 4.69) is 30.9 Å². The van der Waals surface area contributed by atoms with Gasteiger partial charge in [-0.25, -0.2) is 18.2 Å². The van der Waals surface area contributed by atoms with Crippen molar-refractivity contribution in [2.45, 2.75) is 37.1 Å². The number of hydrogen-bond donors (Lipinski definition) is 0. The van der Waals surface area contributed by atoms with Crippen LogP contribution in [-0.2, 0) is 21.0 Å². The fraction of sp³-hybridized carbons (Fsp3) is 0.438. The van der Waals surface area contributed by atoms with Crippen LogP contribution in [0.5, 0.6) is 0 Å². The molecule has 2 aromatic rings. The van der Waals surface area contributed by atoms with E-state index in [9.17, 15) is 13.2 Å². The van der Waals surface area contributed by atoms with Gasteiger partial charge in [0.05, 0.1) is 5.75 Å². The molecular weight excluding hydrogens is 328 g/mol. The molecule has 0 fully saturated rings. The van der Waals surface area contributed by atoms with Gasteiger partial charge in [-0.2, -0.15) is 4.68 Å². The molecule has 0 radical (unpaired) electrons. The summed E-state index contributed by atoms with van der Waals surface area (Å²) >= 11 is 0. The number of nitrogens with zero attached hydrogens (tertiary/aromatic N) is 4. The standard InChI is InChI=1S/C16H22N4O3S/c1-16(2,3)13-8-6-12(7-9-13)10-24(22,23)14-17-11-20(18-14)15(21)19(4)5/h6-9,11H,10H2,1-5H3. The first-order valence-corrected chi connectivity index (χ1v) is 9.11. The maximum Gasteiger partial charge on any atom is 0.345 e. The molecule has 0 saturated carbocycles. The summed E-state index contributed by atoms with van der Waals surface area (Å²) in [5.74, 6) is -0.211. The second-order valence-corrected chi connectivity index (χ2v) is 8.74. The van der Waals surface area contributed by atoms with E-state index in [1.54, 1.807) is 26.2 Å². The van der Waals surface area contributed by atoms with Gasteiger partial charge in [-0.3, -0.25) is 0 Å². The number of rotatable bonds is 3. The van der Waals surface area contributed by atoms with Crippen LogP contribution in [0.2, 0.25) is 0 Å². The van der Waals surface area contributed by atoms with Gasteiger partial charge in [-0.15, -0.1) is 5.10 Å². The molecule has 1 aromatic heterocycles. The molecule has 7 nitrogen and oxygen atoms in total. The normalized spacial score (nSPS) is 12.2. The Morgan fingerprint density at radius 1 is 1.17 bits per heavy atom. The largest absolute Gasteiger partial charge is 0.345 e. The van der Waals surface area contributed by atoms with E-state index in [1.165, 1.54) is 4.90 Å². The fourth-order valence-electron chi connectivity index (χ4n) is 2.07. The van der Waals surface area contributed by atoms with Gasteiger partial charge >= 0.3 is 6.03 Å². The van der Waals surface area contributed by atoms with Crippen LogP contribution >= 0.6 is 0 Å². The molecule has 1 aromatic carbocycles. The molecule has 2 rings (SSSR count). The highest BCUT2D eigenvalue weighted by molar-refractivity contribution is 7.90. The minimum atomic E-state index is -3.71. The fourth-order valence-corrected chi connectivity index (χ4v) is 3.25. The molecule has 0 aliphatic heterocycles. The highest BCUT2D eigenvalue weighted by atomic mass is 32.2. The topological polar surface area (TPSA) is 85.2 Å².